The molecule has 2 nitrogen and oxygen atoms in total. The van der Waals surface area contributed by atoms with Gasteiger partial charge >= 0.3 is 0 Å². The van der Waals surface area contributed by atoms with Crippen molar-refractivity contribution in [3.8, 4) is 0 Å². The van der Waals surface area contributed by atoms with E-state index in [1.165, 1.54) is 0 Å². The molecule has 3 heteroatoms. The van der Waals surface area contributed by atoms with Crippen LogP contribution in [0.2, 0.25) is 0 Å². The van der Waals surface area contributed by atoms with Crippen molar-refractivity contribution in [3.05, 3.63) is 63.1 Å². The van der Waals surface area contributed by atoms with Gasteiger partial charge in [-0.25, -0.2) is 0 Å². The molecule has 0 saturated heterocycles. The fraction of sp³-hybridized carbons (Fsp3) is 0.133. The highest BCUT2D eigenvalue weighted by atomic mass is 79.9. The molecule has 0 fully saturated rings. The summed E-state index contributed by atoms with van der Waals surface area (Å²) < 4.78 is 0.946. The molecule has 0 unspecified atom stereocenters. The molecule has 0 heterocycles. The van der Waals surface area contributed by atoms with Crippen molar-refractivity contribution < 1.29 is 4.79 Å². The molecule has 2 aromatic rings. The molecule has 2 aromatic carbocycles. The summed E-state index contributed by atoms with van der Waals surface area (Å²) in [4.78, 5) is 12.5. The van der Waals surface area contributed by atoms with E-state index in [0.29, 0.717) is 11.3 Å². The van der Waals surface area contributed by atoms with Crippen molar-refractivity contribution in [2.24, 2.45) is 0 Å². The van der Waals surface area contributed by atoms with Gasteiger partial charge in [-0.1, -0.05) is 28.1 Å². The lowest BCUT2D eigenvalue weighted by Gasteiger charge is -2.09. The smallest absolute Gasteiger partial charge is 0.193 e. The SMILES string of the molecule is Cc1cc(N)ccc1C(=O)c1cccc(Br)c1C. The van der Waals surface area contributed by atoms with Crippen LogP contribution in [0.5, 0.6) is 0 Å². The molecule has 0 aromatic heterocycles. The number of anilines is 1. The molecule has 2 N–H and O–H groups in total. The lowest BCUT2D eigenvalue weighted by molar-refractivity contribution is 0.103. The van der Waals surface area contributed by atoms with Gasteiger partial charge in [0.15, 0.2) is 5.78 Å². The van der Waals surface area contributed by atoms with Crippen LogP contribution in [-0.4, -0.2) is 5.78 Å². The largest absolute Gasteiger partial charge is 0.399 e. The average molecular weight is 304 g/mol. The zero-order valence-electron chi connectivity index (χ0n) is 10.3. The molecule has 0 radical (unpaired) electrons. The van der Waals surface area contributed by atoms with Gasteiger partial charge in [-0.2, -0.15) is 0 Å². The van der Waals surface area contributed by atoms with Gasteiger partial charge in [-0.15, -0.1) is 0 Å². The molecule has 2 rings (SSSR count). The van der Waals surface area contributed by atoms with E-state index in [-0.39, 0.29) is 5.78 Å². The number of hydrogen-bond donors (Lipinski definition) is 1. The first kappa shape index (κ1) is 12.8. The number of benzene rings is 2. The molecule has 0 saturated carbocycles. The minimum atomic E-state index is 0.0336. The number of ketones is 1. The molecule has 0 atom stereocenters. The number of rotatable bonds is 2. The van der Waals surface area contributed by atoms with Gasteiger partial charge in [-0.3, -0.25) is 4.79 Å². The van der Waals surface area contributed by atoms with E-state index in [0.717, 1.165) is 21.2 Å². The van der Waals surface area contributed by atoms with Gasteiger partial charge in [0.05, 0.1) is 0 Å². The summed E-state index contributed by atoms with van der Waals surface area (Å²) >= 11 is 3.44. The maximum atomic E-state index is 12.5. The molecule has 0 aliphatic carbocycles. The highest BCUT2D eigenvalue weighted by molar-refractivity contribution is 9.10. The highest BCUT2D eigenvalue weighted by Crippen LogP contribution is 2.23. The van der Waals surface area contributed by atoms with Gasteiger partial charge in [0, 0.05) is 21.3 Å². The van der Waals surface area contributed by atoms with Crippen LogP contribution in [0, 0.1) is 13.8 Å². The number of aryl methyl sites for hydroxylation is 1. The molecule has 18 heavy (non-hydrogen) atoms. The van der Waals surface area contributed by atoms with Crippen LogP contribution in [-0.2, 0) is 0 Å². The molecular weight excluding hydrogens is 290 g/mol. The first-order valence-corrected chi connectivity index (χ1v) is 6.46. The number of halogens is 1. The van der Waals surface area contributed by atoms with Gasteiger partial charge in [-0.05, 0) is 49.2 Å². The summed E-state index contributed by atoms with van der Waals surface area (Å²) in [5, 5.41) is 0. The van der Waals surface area contributed by atoms with Crippen molar-refractivity contribution in [2.45, 2.75) is 13.8 Å². The first-order chi connectivity index (χ1) is 8.50. The van der Waals surface area contributed by atoms with E-state index in [9.17, 15) is 4.79 Å². The number of carbonyl (C=O) groups excluding carboxylic acids is 1. The van der Waals surface area contributed by atoms with Crippen LogP contribution in [0.25, 0.3) is 0 Å². The Labute approximate surface area is 115 Å². The third-order valence-corrected chi connectivity index (χ3v) is 3.87. The van der Waals surface area contributed by atoms with Gasteiger partial charge < -0.3 is 5.73 Å². The second-order valence-corrected chi connectivity index (χ2v) is 5.17. The van der Waals surface area contributed by atoms with E-state index >= 15 is 0 Å². The van der Waals surface area contributed by atoms with E-state index in [2.05, 4.69) is 15.9 Å². The number of nitrogen functional groups attached to an aromatic ring is 1. The third kappa shape index (κ3) is 2.31. The second kappa shape index (κ2) is 4.94. The predicted octanol–water partition coefficient (Wildman–Crippen LogP) is 3.88. The van der Waals surface area contributed by atoms with Crippen LogP contribution in [0.3, 0.4) is 0 Å². The fourth-order valence-electron chi connectivity index (χ4n) is 1.94. The summed E-state index contributed by atoms with van der Waals surface area (Å²) in [6.07, 6.45) is 0. The zero-order chi connectivity index (χ0) is 13.3. The van der Waals surface area contributed by atoms with Crippen molar-refractivity contribution in [3.63, 3.8) is 0 Å². The van der Waals surface area contributed by atoms with Crippen molar-refractivity contribution in [1.82, 2.24) is 0 Å². The number of nitrogens with two attached hydrogens (primary N) is 1. The molecule has 0 bridgehead atoms. The van der Waals surface area contributed by atoms with Crippen molar-refractivity contribution >= 4 is 27.4 Å². The lowest BCUT2D eigenvalue weighted by Crippen LogP contribution is -2.06. The van der Waals surface area contributed by atoms with Crippen LogP contribution in [0.1, 0.15) is 27.0 Å². The second-order valence-electron chi connectivity index (χ2n) is 4.32. The quantitative estimate of drug-likeness (QED) is 0.676. The lowest BCUT2D eigenvalue weighted by atomic mass is 9.96. The van der Waals surface area contributed by atoms with Crippen LogP contribution in [0.4, 0.5) is 5.69 Å². The summed E-state index contributed by atoms with van der Waals surface area (Å²) in [5.74, 6) is 0.0336. The molecule has 92 valence electrons. The van der Waals surface area contributed by atoms with Gasteiger partial charge in [0.25, 0.3) is 0 Å². The normalized spacial score (nSPS) is 10.4. The maximum absolute atomic E-state index is 12.5. The monoisotopic (exact) mass is 303 g/mol. The molecule has 0 aliphatic heterocycles. The van der Waals surface area contributed by atoms with Crippen molar-refractivity contribution in [1.29, 1.82) is 0 Å². The summed E-state index contributed by atoms with van der Waals surface area (Å²) in [6, 6.07) is 11.0. The minimum Gasteiger partial charge on any atom is -0.399 e. The highest BCUT2D eigenvalue weighted by Gasteiger charge is 2.14. The Morgan fingerprint density at radius 3 is 2.50 bits per heavy atom. The van der Waals surface area contributed by atoms with Gasteiger partial charge in [0.2, 0.25) is 0 Å². The molecule has 0 aliphatic rings. The summed E-state index contributed by atoms with van der Waals surface area (Å²) in [7, 11) is 0. The third-order valence-electron chi connectivity index (χ3n) is 3.01. The topological polar surface area (TPSA) is 43.1 Å². The van der Waals surface area contributed by atoms with Crippen LogP contribution >= 0.6 is 15.9 Å². The summed E-state index contributed by atoms with van der Waals surface area (Å²) in [5.41, 5.74) is 9.66. The predicted molar refractivity (Wildman–Crippen MR) is 77.9 cm³/mol. The van der Waals surface area contributed by atoms with E-state index in [4.69, 9.17) is 5.73 Å². The summed E-state index contributed by atoms with van der Waals surface area (Å²) in [6.45, 7) is 3.83. The maximum Gasteiger partial charge on any atom is 0.193 e. The Morgan fingerprint density at radius 2 is 1.83 bits per heavy atom. The minimum absolute atomic E-state index is 0.0336. The van der Waals surface area contributed by atoms with Crippen LogP contribution in [0.15, 0.2) is 40.9 Å². The van der Waals surface area contributed by atoms with Gasteiger partial charge in [0.1, 0.15) is 0 Å². The number of carbonyl (C=O) groups is 1. The number of hydrogen-bond acceptors (Lipinski definition) is 2. The van der Waals surface area contributed by atoms with E-state index < -0.39 is 0 Å². The Balaban J connectivity index is 2.51. The average Bonchev–Trinajstić information content (AvgIpc) is 2.32. The Bertz CT molecular complexity index is 620. The van der Waals surface area contributed by atoms with Crippen LogP contribution < -0.4 is 5.73 Å². The van der Waals surface area contributed by atoms with E-state index in [1.54, 1.807) is 12.1 Å². The molecular formula is C15H14BrNO. The molecule has 0 spiro atoms. The Morgan fingerprint density at radius 1 is 1.11 bits per heavy atom. The Hall–Kier alpha value is -1.61. The van der Waals surface area contributed by atoms with E-state index in [1.807, 2.05) is 38.1 Å². The fourth-order valence-corrected chi connectivity index (χ4v) is 2.31. The first-order valence-electron chi connectivity index (χ1n) is 5.66. The molecule has 0 amide bonds. The van der Waals surface area contributed by atoms with Crippen molar-refractivity contribution in [2.75, 3.05) is 5.73 Å². The zero-order valence-corrected chi connectivity index (χ0v) is 11.9. The Kier molecular flexibility index (Phi) is 3.53. The standard InChI is InChI=1S/C15H14BrNO/c1-9-8-11(17)6-7-12(9)15(18)13-4-3-5-14(16)10(13)2/h3-8H,17H2,1-2H3.